The largest absolute Gasteiger partial charge is 0.383 e. The van der Waals surface area contributed by atoms with Crippen molar-refractivity contribution in [1.29, 1.82) is 0 Å². The lowest BCUT2D eigenvalue weighted by atomic mass is 10.2. The lowest BCUT2D eigenvalue weighted by molar-refractivity contribution is 0.199. The number of methoxy groups -OCH3 is 2. The molecule has 118 valence electrons. The number of hydrogen-bond acceptors (Lipinski definition) is 4. The number of anilines is 1. The summed E-state index contributed by atoms with van der Waals surface area (Å²) in [7, 11) is 3.45. The Kier molecular flexibility index (Phi) is 6.77. The van der Waals surface area contributed by atoms with Crippen molar-refractivity contribution in [3.63, 3.8) is 0 Å². The Morgan fingerprint density at radius 1 is 1.24 bits per heavy atom. The summed E-state index contributed by atoms with van der Waals surface area (Å²) >= 11 is 6.42. The van der Waals surface area contributed by atoms with Gasteiger partial charge in [-0.1, -0.05) is 17.7 Å². The minimum atomic E-state index is 0.655. The van der Waals surface area contributed by atoms with Crippen LogP contribution >= 0.6 is 11.6 Å². The van der Waals surface area contributed by atoms with Gasteiger partial charge in [-0.15, -0.1) is 0 Å². The maximum atomic E-state index is 6.42. The maximum Gasteiger partial charge on any atom is 0.0637 e. The van der Waals surface area contributed by atoms with Crippen LogP contribution in [0.25, 0.3) is 0 Å². The molecule has 5 heteroatoms. The lowest BCUT2D eigenvalue weighted by Gasteiger charge is -2.25. The van der Waals surface area contributed by atoms with Crippen LogP contribution in [0.4, 0.5) is 5.69 Å². The Balaban J connectivity index is 1.96. The molecule has 2 rings (SSSR count). The van der Waals surface area contributed by atoms with Crippen LogP contribution in [0.15, 0.2) is 18.2 Å². The van der Waals surface area contributed by atoms with Crippen LogP contribution in [0.2, 0.25) is 5.02 Å². The molecule has 0 atom stereocenters. The van der Waals surface area contributed by atoms with E-state index in [2.05, 4.69) is 28.4 Å². The average molecular weight is 313 g/mol. The molecule has 0 radical (unpaired) electrons. The molecule has 0 bridgehead atoms. The van der Waals surface area contributed by atoms with Crippen molar-refractivity contribution in [1.82, 2.24) is 5.32 Å². The van der Waals surface area contributed by atoms with Gasteiger partial charge in [-0.25, -0.2) is 0 Å². The summed E-state index contributed by atoms with van der Waals surface area (Å²) in [5.41, 5.74) is 2.32. The Morgan fingerprint density at radius 2 is 2.00 bits per heavy atom. The van der Waals surface area contributed by atoms with Gasteiger partial charge in [0.15, 0.2) is 0 Å². The molecule has 21 heavy (non-hydrogen) atoms. The molecular weight excluding hydrogens is 288 g/mol. The summed E-state index contributed by atoms with van der Waals surface area (Å²) in [6.07, 6.45) is 2.53. The zero-order valence-electron chi connectivity index (χ0n) is 12.9. The van der Waals surface area contributed by atoms with Gasteiger partial charge in [0.25, 0.3) is 0 Å². The Labute approximate surface area is 132 Å². The summed E-state index contributed by atoms with van der Waals surface area (Å²) in [4.78, 5) is 2.40. The fourth-order valence-corrected chi connectivity index (χ4v) is 2.60. The molecule has 0 spiro atoms. The van der Waals surface area contributed by atoms with Gasteiger partial charge >= 0.3 is 0 Å². The van der Waals surface area contributed by atoms with Crippen molar-refractivity contribution in [2.45, 2.75) is 25.4 Å². The molecule has 0 saturated heterocycles. The smallest absolute Gasteiger partial charge is 0.0637 e. The average Bonchev–Trinajstić information content (AvgIpc) is 3.30. The fourth-order valence-electron chi connectivity index (χ4n) is 2.35. The monoisotopic (exact) mass is 312 g/mol. The predicted octanol–water partition coefficient (Wildman–Crippen LogP) is 2.69. The standard InChI is InChI=1S/C16H25ClN2O2/c1-20-9-7-18-12-13-3-4-15(11-16(13)17)19(8-10-21-2)14-5-6-14/h3-4,11,14,18H,5-10,12H2,1-2H3. The van der Waals surface area contributed by atoms with Crippen molar-refractivity contribution in [2.24, 2.45) is 0 Å². The van der Waals surface area contributed by atoms with Crippen molar-refractivity contribution in [3.8, 4) is 0 Å². The summed E-state index contributed by atoms with van der Waals surface area (Å²) < 4.78 is 10.2. The Morgan fingerprint density at radius 3 is 2.62 bits per heavy atom. The number of halogens is 1. The molecular formula is C16H25ClN2O2. The Bertz CT molecular complexity index is 438. The first-order chi connectivity index (χ1) is 10.3. The van der Waals surface area contributed by atoms with Crippen LogP contribution in [-0.4, -0.2) is 46.6 Å². The predicted molar refractivity (Wildman–Crippen MR) is 87.3 cm³/mol. The van der Waals surface area contributed by atoms with Crippen molar-refractivity contribution in [3.05, 3.63) is 28.8 Å². The summed E-state index contributed by atoms with van der Waals surface area (Å²) in [6.45, 7) is 3.97. The highest BCUT2D eigenvalue weighted by atomic mass is 35.5. The van der Waals surface area contributed by atoms with E-state index in [0.29, 0.717) is 12.6 Å². The van der Waals surface area contributed by atoms with Crippen LogP contribution in [0.3, 0.4) is 0 Å². The van der Waals surface area contributed by atoms with Gasteiger partial charge in [0, 0.05) is 50.6 Å². The number of hydrogen-bond donors (Lipinski definition) is 1. The summed E-state index contributed by atoms with van der Waals surface area (Å²) in [5, 5.41) is 4.14. The third-order valence-corrected chi connectivity index (χ3v) is 4.04. The van der Waals surface area contributed by atoms with E-state index in [-0.39, 0.29) is 0 Å². The number of nitrogens with one attached hydrogen (secondary N) is 1. The second kappa shape index (κ2) is 8.59. The second-order valence-corrected chi connectivity index (χ2v) is 5.77. The molecule has 1 fully saturated rings. The van der Waals surface area contributed by atoms with Crippen LogP contribution in [0.1, 0.15) is 18.4 Å². The van der Waals surface area contributed by atoms with Gasteiger partial charge in [0.1, 0.15) is 0 Å². The van der Waals surface area contributed by atoms with Crippen LogP contribution < -0.4 is 10.2 Å². The molecule has 0 heterocycles. The van der Waals surface area contributed by atoms with E-state index in [1.807, 2.05) is 0 Å². The molecule has 1 N–H and O–H groups in total. The summed E-state index contributed by atoms with van der Waals surface area (Å²) in [5.74, 6) is 0. The second-order valence-electron chi connectivity index (χ2n) is 5.36. The molecule has 0 aromatic heterocycles. The van der Waals surface area contributed by atoms with Crippen LogP contribution in [-0.2, 0) is 16.0 Å². The van der Waals surface area contributed by atoms with Gasteiger partial charge in [-0.3, -0.25) is 0 Å². The fraction of sp³-hybridized carbons (Fsp3) is 0.625. The lowest BCUT2D eigenvalue weighted by Crippen LogP contribution is -2.29. The number of nitrogens with zero attached hydrogens (tertiary/aromatic N) is 1. The number of ether oxygens (including phenoxy) is 2. The maximum absolute atomic E-state index is 6.42. The van der Waals surface area contributed by atoms with E-state index in [1.54, 1.807) is 14.2 Å². The molecule has 0 unspecified atom stereocenters. The molecule has 1 aliphatic rings. The molecule has 1 aromatic rings. The van der Waals surface area contributed by atoms with E-state index in [1.165, 1.54) is 18.5 Å². The van der Waals surface area contributed by atoms with E-state index >= 15 is 0 Å². The van der Waals surface area contributed by atoms with Crippen LogP contribution in [0.5, 0.6) is 0 Å². The first-order valence-corrected chi connectivity index (χ1v) is 7.87. The highest BCUT2D eigenvalue weighted by Gasteiger charge is 2.29. The van der Waals surface area contributed by atoms with Crippen molar-refractivity contribution >= 4 is 17.3 Å². The highest BCUT2D eigenvalue weighted by Crippen LogP contribution is 2.33. The van der Waals surface area contributed by atoms with Crippen molar-refractivity contribution in [2.75, 3.05) is 45.4 Å². The molecule has 0 amide bonds. The SMILES string of the molecule is COCCNCc1ccc(N(CCOC)C2CC2)cc1Cl. The van der Waals surface area contributed by atoms with E-state index in [9.17, 15) is 0 Å². The van der Waals surface area contributed by atoms with Gasteiger partial charge < -0.3 is 19.7 Å². The van der Waals surface area contributed by atoms with Gasteiger partial charge in [-0.05, 0) is 30.5 Å². The van der Waals surface area contributed by atoms with Gasteiger partial charge in [-0.2, -0.15) is 0 Å². The molecule has 1 aliphatic carbocycles. The number of benzene rings is 1. The third kappa shape index (κ3) is 5.15. The third-order valence-electron chi connectivity index (χ3n) is 3.69. The Hall–Kier alpha value is -0.810. The minimum Gasteiger partial charge on any atom is -0.383 e. The van der Waals surface area contributed by atoms with E-state index in [0.717, 1.165) is 36.8 Å². The number of rotatable bonds is 10. The minimum absolute atomic E-state index is 0.655. The topological polar surface area (TPSA) is 33.7 Å². The van der Waals surface area contributed by atoms with Gasteiger partial charge in [0.05, 0.1) is 13.2 Å². The molecule has 0 aliphatic heterocycles. The summed E-state index contributed by atoms with van der Waals surface area (Å²) in [6, 6.07) is 7.00. The van der Waals surface area contributed by atoms with Crippen LogP contribution in [0, 0.1) is 0 Å². The van der Waals surface area contributed by atoms with Crippen molar-refractivity contribution < 1.29 is 9.47 Å². The first kappa shape index (κ1) is 16.6. The van der Waals surface area contributed by atoms with E-state index in [4.69, 9.17) is 21.1 Å². The first-order valence-electron chi connectivity index (χ1n) is 7.50. The van der Waals surface area contributed by atoms with Gasteiger partial charge in [0.2, 0.25) is 0 Å². The zero-order valence-corrected chi connectivity index (χ0v) is 13.7. The van der Waals surface area contributed by atoms with E-state index < -0.39 is 0 Å². The highest BCUT2D eigenvalue weighted by molar-refractivity contribution is 6.31. The molecule has 4 nitrogen and oxygen atoms in total. The molecule has 1 saturated carbocycles. The normalized spacial score (nSPS) is 14.4. The molecule has 1 aromatic carbocycles. The quantitative estimate of drug-likeness (QED) is 0.674. The zero-order chi connectivity index (χ0) is 15.1.